The van der Waals surface area contributed by atoms with Crippen molar-refractivity contribution in [2.45, 2.75) is 33.2 Å². The smallest absolute Gasteiger partial charge is 0.225 e. The first-order valence-electron chi connectivity index (χ1n) is 5.74. The Morgan fingerprint density at radius 2 is 1.94 bits per heavy atom. The maximum Gasteiger partial charge on any atom is 0.225 e. The second kappa shape index (κ2) is 5.64. The van der Waals surface area contributed by atoms with Gasteiger partial charge in [-0.25, -0.2) is 0 Å². The summed E-state index contributed by atoms with van der Waals surface area (Å²) in [6.07, 6.45) is 4.45. The summed E-state index contributed by atoms with van der Waals surface area (Å²) in [5.41, 5.74) is 1.15. The molecule has 0 saturated carbocycles. The molecule has 1 rings (SSSR count). The third kappa shape index (κ3) is 2.81. The molecule has 0 aliphatic rings. The molecule has 0 bridgehead atoms. The number of amides is 1. The van der Waals surface area contributed by atoms with Crippen LogP contribution in [0.4, 0.5) is 0 Å². The van der Waals surface area contributed by atoms with E-state index in [4.69, 9.17) is 0 Å². The molecule has 1 aromatic rings. The quantitative estimate of drug-likeness (QED) is 0.781. The molecule has 1 aromatic heterocycles. The van der Waals surface area contributed by atoms with E-state index >= 15 is 0 Å². The maximum atomic E-state index is 11.9. The molecule has 1 unspecified atom stereocenters. The van der Waals surface area contributed by atoms with Gasteiger partial charge in [0.15, 0.2) is 0 Å². The summed E-state index contributed by atoms with van der Waals surface area (Å²) >= 11 is 0. The number of hydrogen-bond acceptors (Lipinski definition) is 2. The van der Waals surface area contributed by atoms with Crippen LogP contribution in [0, 0.1) is 5.92 Å². The highest BCUT2D eigenvalue weighted by Crippen LogP contribution is 2.23. The highest BCUT2D eigenvalue weighted by atomic mass is 16.2. The number of hydrogen-bond donors (Lipinski definition) is 0. The lowest BCUT2D eigenvalue weighted by molar-refractivity contribution is -0.135. The molecule has 0 aliphatic heterocycles. The van der Waals surface area contributed by atoms with Crippen molar-refractivity contribution >= 4 is 5.91 Å². The lowest BCUT2D eigenvalue weighted by Crippen LogP contribution is -2.34. The van der Waals surface area contributed by atoms with Crippen LogP contribution in [0.5, 0.6) is 0 Å². The van der Waals surface area contributed by atoms with Crippen molar-refractivity contribution in [1.82, 2.24) is 9.88 Å². The predicted octanol–water partition coefficient (Wildman–Crippen LogP) is 2.65. The van der Waals surface area contributed by atoms with Gasteiger partial charge in [0.1, 0.15) is 0 Å². The number of carbonyl (C=O) groups is 1. The lowest BCUT2D eigenvalue weighted by atomic mass is 10.0. The van der Waals surface area contributed by atoms with E-state index in [9.17, 15) is 4.79 Å². The van der Waals surface area contributed by atoms with Gasteiger partial charge in [-0.15, -0.1) is 0 Å². The fraction of sp³-hybridized carbons (Fsp3) is 0.538. The summed E-state index contributed by atoms with van der Waals surface area (Å²) in [7, 11) is 1.87. The van der Waals surface area contributed by atoms with E-state index in [1.807, 2.05) is 37.9 Å². The minimum Gasteiger partial charge on any atom is -0.339 e. The third-order valence-electron chi connectivity index (χ3n) is 2.79. The molecule has 16 heavy (non-hydrogen) atoms. The Morgan fingerprint density at radius 3 is 2.38 bits per heavy atom. The Labute approximate surface area is 97.5 Å². The molecular weight excluding hydrogens is 200 g/mol. The van der Waals surface area contributed by atoms with Gasteiger partial charge >= 0.3 is 0 Å². The van der Waals surface area contributed by atoms with Crippen molar-refractivity contribution in [2.75, 3.05) is 7.05 Å². The van der Waals surface area contributed by atoms with Crippen molar-refractivity contribution < 1.29 is 4.79 Å². The van der Waals surface area contributed by atoms with Crippen LogP contribution in [-0.4, -0.2) is 22.8 Å². The van der Waals surface area contributed by atoms with Crippen molar-refractivity contribution in [3.63, 3.8) is 0 Å². The van der Waals surface area contributed by atoms with Crippen LogP contribution in [0.1, 0.15) is 38.8 Å². The third-order valence-corrected chi connectivity index (χ3v) is 2.79. The second-order valence-electron chi connectivity index (χ2n) is 4.31. The van der Waals surface area contributed by atoms with E-state index in [1.165, 1.54) is 0 Å². The zero-order valence-corrected chi connectivity index (χ0v) is 10.5. The summed E-state index contributed by atoms with van der Waals surface area (Å²) in [4.78, 5) is 17.8. The van der Waals surface area contributed by atoms with E-state index < -0.39 is 0 Å². The molecule has 0 aromatic carbocycles. The van der Waals surface area contributed by atoms with Crippen LogP contribution < -0.4 is 0 Å². The van der Waals surface area contributed by atoms with E-state index in [-0.39, 0.29) is 17.9 Å². The van der Waals surface area contributed by atoms with Crippen molar-refractivity contribution in [3.8, 4) is 0 Å². The largest absolute Gasteiger partial charge is 0.339 e. The summed E-state index contributed by atoms with van der Waals surface area (Å²) < 4.78 is 0. The van der Waals surface area contributed by atoms with Crippen LogP contribution in [0.2, 0.25) is 0 Å². The average Bonchev–Trinajstić information content (AvgIpc) is 2.30. The minimum atomic E-state index is 0.0425. The number of rotatable bonds is 4. The highest BCUT2D eigenvalue weighted by Gasteiger charge is 2.21. The van der Waals surface area contributed by atoms with Gasteiger partial charge in [-0.2, -0.15) is 0 Å². The molecule has 0 N–H and O–H groups in total. The van der Waals surface area contributed by atoms with E-state index in [1.54, 1.807) is 12.4 Å². The molecule has 0 radical (unpaired) electrons. The summed E-state index contributed by atoms with van der Waals surface area (Å²) in [5.74, 6) is 0.226. The van der Waals surface area contributed by atoms with Gasteiger partial charge in [0.2, 0.25) is 5.91 Å². The number of nitrogens with zero attached hydrogens (tertiary/aromatic N) is 2. The molecule has 0 spiro atoms. The molecule has 0 aliphatic carbocycles. The molecule has 0 fully saturated rings. The Bertz CT molecular complexity index is 335. The SMILES string of the molecule is CCC(c1ccncc1)N(C)C(=O)C(C)C. The highest BCUT2D eigenvalue weighted by molar-refractivity contribution is 5.78. The van der Waals surface area contributed by atoms with Crippen molar-refractivity contribution in [3.05, 3.63) is 30.1 Å². The number of aromatic nitrogens is 1. The van der Waals surface area contributed by atoms with E-state index in [0.717, 1.165) is 12.0 Å². The van der Waals surface area contributed by atoms with Gasteiger partial charge in [-0.1, -0.05) is 20.8 Å². The Balaban J connectivity index is 2.87. The van der Waals surface area contributed by atoms with Crippen LogP contribution in [0.3, 0.4) is 0 Å². The summed E-state index contributed by atoms with van der Waals surface area (Å²) in [5, 5.41) is 0. The first-order chi connectivity index (χ1) is 7.57. The van der Waals surface area contributed by atoms with Gasteiger partial charge < -0.3 is 4.90 Å². The fourth-order valence-electron chi connectivity index (χ4n) is 1.88. The number of pyridine rings is 1. The van der Waals surface area contributed by atoms with Gasteiger partial charge in [0.25, 0.3) is 0 Å². The number of carbonyl (C=O) groups excluding carboxylic acids is 1. The van der Waals surface area contributed by atoms with E-state index in [2.05, 4.69) is 11.9 Å². The molecule has 3 heteroatoms. The molecule has 88 valence electrons. The maximum absolute atomic E-state index is 11.9. The molecule has 3 nitrogen and oxygen atoms in total. The van der Waals surface area contributed by atoms with E-state index in [0.29, 0.717) is 0 Å². The monoisotopic (exact) mass is 220 g/mol. The molecule has 1 heterocycles. The zero-order chi connectivity index (χ0) is 12.1. The van der Waals surface area contributed by atoms with Gasteiger partial charge in [0.05, 0.1) is 6.04 Å². The molecule has 0 saturated heterocycles. The Kier molecular flexibility index (Phi) is 4.47. The second-order valence-corrected chi connectivity index (χ2v) is 4.31. The predicted molar refractivity (Wildman–Crippen MR) is 64.9 cm³/mol. The summed E-state index contributed by atoms with van der Waals surface area (Å²) in [6, 6.07) is 4.09. The van der Waals surface area contributed by atoms with Crippen molar-refractivity contribution in [2.24, 2.45) is 5.92 Å². The molecular formula is C13H20N2O. The van der Waals surface area contributed by atoms with Gasteiger partial charge in [-0.3, -0.25) is 9.78 Å². The normalized spacial score (nSPS) is 12.6. The average molecular weight is 220 g/mol. The van der Waals surface area contributed by atoms with Gasteiger partial charge in [0, 0.05) is 25.4 Å². The Morgan fingerprint density at radius 1 is 1.38 bits per heavy atom. The standard InChI is InChI=1S/C13H20N2O/c1-5-12(11-6-8-14-9-7-11)15(4)13(16)10(2)3/h6-10,12H,5H2,1-4H3. The first-order valence-corrected chi connectivity index (χ1v) is 5.74. The molecule has 1 atom stereocenters. The van der Waals surface area contributed by atoms with Crippen LogP contribution in [0.15, 0.2) is 24.5 Å². The van der Waals surface area contributed by atoms with Crippen LogP contribution >= 0.6 is 0 Å². The topological polar surface area (TPSA) is 33.2 Å². The molecule has 1 amide bonds. The summed E-state index contributed by atoms with van der Waals surface area (Å²) in [6.45, 7) is 5.95. The van der Waals surface area contributed by atoms with Crippen LogP contribution in [-0.2, 0) is 4.79 Å². The minimum absolute atomic E-state index is 0.0425. The van der Waals surface area contributed by atoms with Crippen LogP contribution in [0.25, 0.3) is 0 Å². The van der Waals surface area contributed by atoms with Gasteiger partial charge in [-0.05, 0) is 24.1 Å². The first kappa shape index (κ1) is 12.7. The van der Waals surface area contributed by atoms with Crippen molar-refractivity contribution in [1.29, 1.82) is 0 Å². The Hall–Kier alpha value is -1.38. The fourth-order valence-corrected chi connectivity index (χ4v) is 1.88. The lowest BCUT2D eigenvalue weighted by Gasteiger charge is -2.29. The zero-order valence-electron chi connectivity index (χ0n) is 10.5.